The van der Waals surface area contributed by atoms with E-state index in [4.69, 9.17) is 11.6 Å². The van der Waals surface area contributed by atoms with Crippen LogP contribution in [-0.4, -0.2) is 20.3 Å². The van der Waals surface area contributed by atoms with Gasteiger partial charge in [-0.25, -0.2) is 0 Å². The van der Waals surface area contributed by atoms with Crippen LogP contribution in [0.15, 0.2) is 53.6 Å². The van der Waals surface area contributed by atoms with Crippen LogP contribution < -0.4 is 10.3 Å². The van der Waals surface area contributed by atoms with E-state index in [1.54, 1.807) is 6.21 Å². The molecule has 2 aromatic carbocycles. The maximum atomic E-state index is 5.89. The van der Waals surface area contributed by atoms with Crippen molar-refractivity contribution in [1.29, 1.82) is 0 Å². The maximum Gasteiger partial charge on any atom is 0.0576 e. The molecule has 19 heavy (non-hydrogen) atoms. The Morgan fingerprint density at radius 3 is 2.47 bits per heavy atom. The molecule has 0 bridgehead atoms. The molecule has 0 aliphatic rings. The number of rotatable bonds is 4. The van der Waals surface area contributed by atoms with Crippen molar-refractivity contribution in [3.8, 4) is 0 Å². The van der Waals surface area contributed by atoms with Gasteiger partial charge in [0.15, 0.2) is 0 Å². The molecule has 0 amide bonds. The largest absolute Gasteiger partial charge is 0.378 e. The van der Waals surface area contributed by atoms with E-state index >= 15 is 0 Å². The molecule has 0 aliphatic heterocycles. The molecule has 0 heterocycles. The Bertz CT molecular complexity index is 562. The summed E-state index contributed by atoms with van der Waals surface area (Å²) in [7, 11) is 4.04. The van der Waals surface area contributed by atoms with Crippen LogP contribution >= 0.6 is 11.6 Å². The Morgan fingerprint density at radius 1 is 1.11 bits per heavy atom. The molecule has 0 fully saturated rings. The van der Waals surface area contributed by atoms with E-state index < -0.39 is 0 Å². The summed E-state index contributed by atoms with van der Waals surface area (Å²) in [5, 5.41) is 4.87. The zero-order valence-corrected chi connectivity index (χ0v) is 11.7. The number of hydrogen-bond donors (Lipinski definition) is 1. The number of benzene rings is 2. The fraction of sp³-hybridized carbons (Fsp3) is 0.133. The quantitative estimate of drug-likeness (QED) is 0.677. The summed E-state index contributed by atoms with van der Waals surface area (Å²) >= 11 is 5.89. The molecule has 4 heteroatoms. The molecule has 0 spiro atoms. The minimum absolute atomic E-state index is 0.690. The molecular weight excluding hydrogens is 258 g/mol. The lowest BCUT2D eigenvalue weighted by Gasteiger charge is -2.11. The van der Waals surface area contributed by atoms with Crippen molar-refractivity contribution >= 4 is 29.2 Å². The number of hydrogen-bond acceptors (Lipinski definition) is 3. The van der Waals surface area contributed by atoms with E-state index in [-0.39, 0.29) is 0 Å². The second-order valence-electron chi connectivity index (χ2n) is 4.37. The van der Waals surface area contributed by atoms with Crippen molar-refractivity contribution in [2.24, 2.45) is 5.10 Å². The predicted molar refractivity (Wildman–Crippen MR) is 83.4 cm³/mol. The first-order valence-electron chi connectivity index (χ1n) is 5.97. The third-order valence-corrected chi connectivity index (χ3v) is 2.88. The van der Waals surface area contributed by atoms with Gasteiger partial charge < -0.3 is 4.90 Å². The number of nitrogens with zero attached hydrogens (tertiary/aromatic N) is 2. The minimum Gasteiger partial charge on any atom is -0.378 e. The van der Waals surface area contributed by atoms with E-state index in [1.165, 1.54) is 5.69 Å². The van der Waals surface area contributed by atoms with Gasteiger partial charge in [-0.1, -0.05) is 29.8 Å². The lowest BCUT2D eigenvalue weighted by Crippen LogP contribution is -2.08. The second-order valence-corrected chi connectivity index (χ2v) is 4.80. The van der Waals surface area contributed by atoms with Gasteiger partial charge in [0.2, 0.25) is 0 Å². The summed E-state index contributed by atoms with van der Waals surface area (Å²) in [5.74, 6) is 0. The average molecular weight is 274 g/mol. The summed E-state index contributed by atoms with van der Waals surface area (Å²) < 4.78 is 0. The summed E-state index contributed by atoms with van der Waals surface area (Å²) in [6.07, 6.45) is 1.78. The van der Waals surface area contributed by atoms with Crippen molar-refractivity contribution < 1.29 is 0 Å². The lowest BCUT2D eigenvalue weighted by molar-refractivity contribution is 1.13. The summed E-state index contributed by atoms with van der Waals surface area (Å²) in [6.45, 7) is 0. The second kappa shape index (κ2) is 6.25. The highest BCUT2D eigenvalue weighted by Gasteiger charge is 1.94. The van der Waals surface area contributed by atoms with Crippen LogP contribution in [0.4, 0.5) is 11.4 Å². The van der Waals surface area contributed by atoms with Gasteiger partial charge in [-0.2, -0.15) is 5.10 Å². The standard InChI is InChI=1S/C15H16ClN3/c1-19(2)15-8-6-12(7-9-15)11-17-18-14-5-3-4-13(16)10-14/h3-11,18H,1-2H3/b17-11+. The minimum atomic E-state index is 0.690. The number of anilines is 2. The van der Waals surface area contributed by atoms with Gasteiger partial charge in [-0.05, 0) is 35.9 Å². The van der Waals surface area contributed by atoms with E-state index in [0.717, 1.165) is 11.3 Å². The Balaban J connectivity index is 1.99. The molecule has 1 N–H and O–H groups in total. The monoisotopic (exact) mass is 273 g/mol. The molecule has 0 unspecified atom stereocenters. The van der Waals surface area contributed by atoms with Gasteiger partial charge >= 0.3 is 0 Å². The molecule has 0 aromatic heterocycles. The van der Waals surface area contributed by atoms with Gasteiger partial charge in [-0.3, -0.25) is 5.43 Å². The molecule has 2 aromatic rings. The SMILES string of the molecule is CN(C)c1ccc(/C=N/Nc2cccc(Cl)c2)cc1. The molecule has 0 radical (unpaired) electrons. The van der Waals surface area contributed by atoms with Gasteiger partial charge in [0.05, 0.1) is 11.9 Å². The number of hydrazone groups is 1. The average Bonchev–Trinajstić information content (AvgIpc) is 2.39. The Labute approximate surface area is 118 Å². The van der Waals surface area contributed by atoms with E-state index in [2.05, 4.69) is 27.6 Å². The molecule has 0 aliphatic carbocycles. The highest BCUT2D eigenvalue weighted by Crippen LogP contribution is 2.15. The fourth-order valence-corrected chi connectivity index (χ4v) is 1.79. The first-order chi connectivity index (χ1) is 9.15. The van der Waals surface area contributed by atoms with Crippen LogP contribution in [0.2, 0.25) is 5.02 Å². The summed E-state index contributed by atoms with van der Waals surface area (Å²) in [6, 6.07) is 15.6. The molecule has 98 valence electrons. The Morgan fingerprint density at radius 2 is 1.84 bits per heavy atom. The summed E-state index contributed by atoms with van der Waals surface area (Å²) in [5.41, 5.74) is 6.02. The lowest BCUT2D eigenvalue weighted by atomic mass is 10.2. The van der Waals surface area contributed by atoms with Crippen LogP contribution in [0.5, 0.6) is 0 Å². The van der Waals surface area contributed by atoms with Crippen LogP contribution in [-0.2, 0) is 0 Å². The molecular formula is C15H16ClN3. The van der Waals surface area contributed by atoms with Crippen molar-refractivity contribution in [2.45, 2.75) is 0 Å². The normalized spacial score (nSPS) is 10.7. The van der Waals surface area contributed by atoms with Crippen LogP contribution in [0.25, 0.3) is 0 Å². The first kappa shape index (κ1) is 13.4. The van der Waals surface area contributed by atoms with Gasteiger partial charge in [0.25, 0.3) is 0 Å². The highest BCUT2D eigenvalue weighted by molar-refractivity contribution is 6.30. The van der Waals surface area contributed by atoms with Gasteiger partial charge in [-0.15, -0.1) is 0 Å². The Kier molecular flexibility index (Phi) is 4.42. The first-order valence-corrected chi connectivity index (χ1v) is 6.35. The third-order valence-electron chi connectivity index (χ3n) is 2.64. The zero-order valence-electron chi connectivity index (χ0n) is 11.0. The van der Waals surface area contributed by atoms with Crippen LogP contribution in [0.1, 0.15) is 5.56 Å². The van der Waals surface area contributed by atoms with Crippen molar-refractivity contribution in [1.82, 2.24) is 0 Å². The molecule has 0 atom stereocenters. The van der Waals surface area contributed by atoms with Gasteiger partial charge in [0, 0.05) is 24.8 Å². The third kappa shape index (κ3) is 4.00. The van der Waals surface area contributed by atoms with Crippen molar-refractivity contribution in [3.63, 3.8) is 0 Å². The van der Waals surface area contributed by atoms with Crippen LogP contribution in [0.3, 0.4) is 0 Å². The van der Waals surface area contributed by atoms with E-state index in [1.807, 2.05) is 50.5 Å². The molecule has 2 rings (SSSR count). The predicted octanol–water partition coefficient (Wildman–Crippen LogP) is 3.85. The molecule has 3 nitrogen and oxygen atoms in total. The highest BCUT2D eigenvalue weighted by atomic mass is 35.5. The fourth-order valence-electron chi connectivity index (χ4n) is 1.60. The summed E-state index contributed by atoms with van der Waals surface area (Å²) in [4.78, 5) is 2.06. The van der Waals surface area contributed by atoms with Gasteiger partial charge in [0.1, 0.15) is 0 Å². The molecule has 0 saturated heterocycles. The zero-order chi connectivity index (χ0) is 13.7. The van der Waals surface area contributed by atoms with Crippen molar-refractivity contribution in [2.75, 3.05) is 24.4 Å². The smallest absolute Gasteiger partial charge is 0.0576 e. The van der Waals surface area contributed by atoms with Crippen molar-refractivity contribution in [3.05, 3.63) is 59.1 Å². The number of halogens is 1. The topological polar surface area (TPSA) is 27.6 Å². The maximum absolute atomic E-state index is 5.89. The molecule has 0 saturated carbocycles. The van der Waals surface area contributed by atoms with Crippen LogP contribution in [0, 0.1) is 0 Å². The Hall–Kier alpha value is -2.00. The number of nitrogens with one attached hydrogen (secondary N) is 1. The van der Waals surface area contributed by atoms with E-state index in [9.17, 15) is 0 Å². The van der Waals surface area contributed by atoms with E-state index in [0.29, 0.717) is 5.02 Å².